The molecule has 0 spiro atoms. The summed E-state index contributed by atoms with van der Waals surface area (Å²) in [5.74, 6) is 0. The summed E-state index contributed by atoms with van der Waals surface area (Å²) in [7, 11) is 0. The van der Waals surface area contributed by atoms with Crippen molar-refractivity contribution >= 4 is 27.3 Å². The van der Waals surface area contributed by atoms with Crippen LogP contribution in [0.15, 0.2) is 28.1 Å². The largest absolute Gasteiger partial charge is 0.312 e. The maximum absolute atomic E-state index is 3.54. The first kappa shape index (κ1) is 13.9. The number of halogens is 1. The molecule has 0 amide bonds. The molecule has 0 aliphatic carbocycles. The van der Waals surface area contributed by atoms with Gasteiger partial charge in [-0.1, -0.05) is 12.2 Å². The molecule has 1 rings (SSSR count). The summed E-state index contributed by atoms with van der Waals surface area (Å²) in [4.78, 5) is 1.40. The van der Waals surface area contributed by atoms with Crippen molar-refractivity contribution < 1.29 is 0 Å². The molecular weight excluding hydrogens is 282 g/mol. The summed E-state index contributed by atoms with van der Waals surface area (Å²) >= 11 is 5.34. The minimum atomic E-state index is 0.227. The molecule has 1 N–H and O–H groups in total. The second-order valence-electron chi connectivity index (χ2n) is 4.83. The van der Waals surface area contributed by atoms with Gasteiger partial charge in [0.2, 0.25) is 0 Å². The van der Waals surface area contributed by atoms with E-state index in [-0.39, 0.29) is 5.54 Å². The van der Waals surface area contributed by atoms with Crippen LogP contribution < -0.4 is 5.32 Å². The first-order valence-corrected chi connectivity index (χ1v) is 7.28. The van der Waals surface area contributed by atoms with Gasteiger partial charge in [0.1, 0.15) is 0 Å². The van der Waals surface area contributed by atoms with Crippen molar-refractivity contribution in [1.29, 1.82) is 0 Å². The van der Waals surface area contributed by atoms with Crippen LogP contribution in [0.3, 0.4) is 0 Å². The molecular formula is C13H20BrNS. The lowest BCUT2D eigenvalue weighted by molar-refractivity contribution is 0.431. The third-order valence-corrected chi connectivity index (χ3v) is 4.08. The molecule has 0 fully saturated rings. The van der Waals surface area contributed by atoms with E-state index in [1.54, 1.807) is 11.3 Å². The zero-order valence-corrected chi connectivity index (χ0v) is 12.6. The Balaban J connectivity index is 2.17. The van der Waals surface area contributed by atoms with E-state index in [1.807, 2.05) is 0 Å². The minimum absolute atomic E-state index is 0.227. The predicted molar refractivity (Wildman–Crippen MR) is 77.2 cm³/mol. The summed E-state index contributed by atoms with van der Waals surface area (Å²) in [5, 5.41) is 5.59. The lowest BCUT2D eigenvalue weighted by atomic mass is 10.1. The molecule has 0 aliphatic rings. The van der Waals surface area contributed by atoms with Crippen LogP contribution in [-0.4, -0.2) is 12.1 Å². The molecule has 16 heavy (non-hydrogen) atoms. The first-order valence-electron chi connectivity index (χ1n) is 5.61. The minimum Gasteiger partial charge on any atom is -0.312 e. The van der Waals surface area contributed by atoms with Crippen LogP contribution in [-0.2, 0) is 6.42 Å². The summed E-state index contributed by atoms with van der Waals surface area (Å²) < 4.78 is 1.23. The highest BCUT2D eigenvalue weighted by Gasteiger charge is 2.06. The molecule has 1 aromatic heterocycles. The van der Waals surface area contributed by atoms with Crippen molar-refractivity contribution in [3.05, 3.63) is 32.9 Å². The topological polar surface area (TPSA) is 12.0 Å². The molecule has 0 radical (unpaired) electrons. The molecule has 1 heterocycles. The fourth-order valence-corrected chi connectivity index (χ4v) is 2.80. The third kappa shape index (κ3) is 5.83. The number of rotatable bonds is 5. The SMILES string of the molecule is CC(C)(C)NCCC=CCc1sccc1Br. The fraction of sp³-hybridized carbons (Fsp3) is 0.538. The number of hydrogen-bond acceptors (Lipinski definition) is 2. The molecule has 90 valence electrons. The van der Waals surface area contributed by atoms with Crippen LogP contribution in [0, 0.1) is 0 Å². The normalized spacial score (nSPS) is 12.5. The van der Waals surface area contributed by atoms with E-state index in [1.165, 1.54) is 9.35 Å². The van der Waals surface area contributed by atoms with Gasteiger partial charge >= 0.3 is 0 Å². The molecule has 0 aliphatic heterocycles. The lowest BCUT2D eigenvalue weighted by Crippen LogP contribution is -2.36. The Morgan fingerprint density at radius 2 is 2.12 bits per heavy atom. The van der Waals surface area contributed by atoms with Gasteiger partial charge in [0.05, 0.1) is 0 Å². The van der Waals surface area contributed by atoms with Gasteiger partial charge in [0, 0.05) is 21.3 Å². The van der Waals surface area contributed by atoms with Gasteiger partial charge in [-0.05, 0) is 61.1 Å². The van der Waals surface area contributed by atoms with Crippen LogP contribution in [0.5, 0.6) is 0 Å². The van der Waals surface area contributed by atoms with E-state index >= 15 is 0 Å². The van der Waals surface area contributed by atoms with E-state index in [9.17, 15) is 0 Å². The maximum atomic E-state index is 3.54. The van der Waals surface area contributed by atoms with Crippen molar-refractivity contribution in [2.24, 2.45) is 0 Å². The van der Waals surface area contributed by atoms with Gasteiger partial charge in [-0.25, -0.2) is 0 Å². The van der Waals surface area contributed by atoms with Gasteiger partial charge < -0.3 is 5.32 Å². The summed E-state index contributed by atoms with van der Waals surface area (Å²) in [6.45, 7) is 7.63. The van der Waals surface area contributed by atoms with E-state index in [0.29, 0.717) is 0 Å². The highest BCUT2D eigenvalue weighted by atomic mass is 79.9. The van der Waals surface area contributed by atoms with Crippen molar-refractivity contribution in [2.45, 2.75) is 39.2 Å². The molecule has 3 heteroatoms. The van der Waals surface area contributed by atoms with Gasteiger partial charge in [0.15, 0.2) is 0 Å². The van der Waals surface area contributed by atoms with Gasteiger partial charge in [0.25, 0.3) is 0 Å². The van der Waals surface area contributed by atoms with Crippen LogP contribution in [0.1, 0.15) is 32.1 Å². The lowest BCUT2D eigenvalue weighted by Gasteiger charge is -2.19. The molecule has 1 aromatic rings. The van der Waals surface area contributed by atoms with Crippen molar-refractivity contribution in [3.63, 3.8) is 0 Å². The Kier molecular flexibility index (Phi) is 5.73. The summed E-state index contributed by atoms with van der Waals surface area (Å²) in [5.41, 5.74) is 0.227. The first-order chi connectivity index (χ1) is 7.49. The molecule has 0 saturated heterocycles. The average Bonchev–Trinajstić information content (AvgIpc) is 2.56. The van der Waals surface area contributed by atoms with Gasteiger partial charge in [-0.2, -0.15) is 0 Å². The van der Waals surface area contributed by atoms with Crippen LogP contribution in [0.2, 0.25) is 0 Å². The Morgan fingerprint density at radius 3 is 2.69 bits per heavy atom. The van der Waals surface area contributed by atoms with Crippen LogP contribution >= 0.6 is 27.3 Å². The van der Waals surface area contributed by atoms with Crippen molar-refractivity contribution in [2.75, 3.05) is 6.54 Å². The second kappa shape index (κ2) is 6.58. The fourth-order valence-electron chi connectivity index (χ4n) is 1.31. The Morgan fingerprint density at radius 1 is 1.38 bits per heavy atom. The number of hydrogen-bond donors (Lipinski definition) is 1. The van der Waals surface area contributed by atoms with E-state index in [2.05, 4.69) is 65.6 Å². The van der Waals surface area contributed by atoms with Gasteiger partial charge in [-0.15, -0.1) is 11.3 Å². The highest BCUT2D eigenvalue weighted by molar-refractivity contribution is 9.10. The van der Waals surface area contributed by atoms with E-state index < -0.39 is 0 Å². The van der Waals surface area contributed by atoms with E-state index in [4.69, 9.17) is 0 Å². The Labute approximate surface area is 111 Å². The van der Waals surface area contributed by atoms with Crippen LogP contribution in [0.25, 0.3) is 0 Å². The third-order valence-electron chi connectivity index (χ3n) is 2.13. The number of thiophene rings is 1. The Bertz CT molecular complexity index is 336. The molecule has 0 aromatic carbocycles. The van der Waals surface area contributed by atoms with Crippen molar-refractivity contribution in [1.82, 2.24) is 5.32 Å². The predicted octanol–water partition coefficient (Wildman–Crippen LogP) is 4.39. The standard InChI is InChI=1S/C13H20BrNS/c1-13(2,3)15-9-6-4-5-7-12-11(14)8-10-16-12/h4-5,8,10,15H,6-7,9H2,1-3H3. The van der Waals surface area contributed by atoms with Crippen LogP contribution in [0.4, 0.5) is 0 Å². The number of allylic oxidation sites excluding steroid dienone is 1. The zero-order chi connectivity index (χ0) is 12.0. The Hall–Kier alpha value is -0.120. The molecule has 1 nitrogen and oxygen atoms in total. The summed E-state index contributed by atoms with van der Waals surface area (Å²) in [6, 6.07) is 2.11. The molecule has 0 saturated carbocycles. The second-order valence-corrected chi connectivity index (χ2v) is 6.69. The number of nitrogens with one attached hydrogen (secondary N) is 1. The maximum Gasteiger partial charge on any atom is 0.0317 e. The van der Waals surface area contributed by atoms with E-state index in [0.717, 1.165) is 19.4 Å². The molecule has 0 atom stereocenters. The average molecular weight is 302 g/mol. The molecule has 0 bridgehead atoms. The quantitative estimate of drug-likeness (QED) is 0.628. The zero-order valence-electron chi connectivity index (χ0n) is 10.2. The smallest absolute Gasteiger partial charge is 0.0317 e. The monoisotopic (exact) mass is 301 g/mol. The highest BCUT2D eigenvalue weighted by Crippen LogP contribution is 2.23. The summed E-state index contributed by atoms with van der Waals surface area (Å²) in [6.07, 6.45) is 6.64. The molecule has 0 unspecified atom stereocenters. The van der Waals surface area contributed by atoms with Crippen molar-refractivity contribution in [3.8, 4) is 0 Å². The van der Waals surface area contributed by atoms with Gasteiger partial charge in [-0.3, -0.25) is 0 Å².